The highest BCUT2D eigenvalue weighted by atomic mass is 16.5. The van der Waals surface area contributed by atoms with Crippen LogP contribution in [0.15, 0.2) is 55.1 Å². The lowest BCUT2D eigenvalue weighted by molar-refractivity contribution is 0.0857. The van der Waals surface area contributed by atoms with E-state index in [1.165, 1.54) is 5.56 Å². The maximum Gasteiger partial charge on any atom is 0.254 e. The van der Waals surface area contributed by atoms with Crippen molar-refractivity contribution in [2.75, 3.05) is 13.2 Å². The van der Waals surface area contributed by atoms with E-state index in [-0.39, 0.29) is 17.4 Å². The van der Waals surface area contributed by atoms with Gasteiger partial charge in [-0.15, -0.1) is 0 Å². The third-order valence-corrected chi connectivity index (χ3v) is 6.53. The number of amides is 1. The lowest BCUT2D eigenvalue weighted by Crippen LogP contribution is -2.32. The molecule has 1 atom stereocenters. The predicted octanol–water partition coefficient (Wildman–Crippen LogP) is 3.27. The number of ether oxygens (including phenoxy) is 1. The summed E-state index contributed by atoms with van der Waals surface area (Å²) in [6.07, 6.45) is 11.4. The fourth-order valence-electron chi connectivity index (χ4n) is 4.74. The number of hydrogen-bond acceptors (Lipinski definition) is 5. The number of fused-ring (bicyclic) bond motifs is 2. The van der Waals surface area contributed by atoms with Gasteiger partial charge >= 0.3 is 0 Å². The van der Waals surface area contributed by atoms with Gasteiger partial charge in [0.2, 0.25) is 5.78 Å². The highest BCUT2D eigenvalue weighted by Crippen LogP contribution is 2.54. The molecule has 1 amide bonds. The molecule has 1 unspecified atom stereocenters. The van der Waals surface area contributed by atoms with Crippen molar-refractivity contribution in [2.24, 2.45) is 0 Å². The second-order valence-electron chi connectivity index (χ2n) is 8.46. The van der Waals surface area contributed by atoms with E-state index < -0.39 is 0 Å². The zero-order chi connectivity index (χ0) is 20.8. The first-order valence-corrected chi connectivity index (χ1v) is 10.8. The van der Waals surface area contributed by atoms with Gasteiger partial charge in [-0.25, -0.2) is 9.97 Å². The summed E-state index contributed by atoms with van der Waals surface area (Å²) < 4.78 is 7.57. The molecule has 1 saturated carbocycles. The van der Waals surface area contributed by atoms with Crippen molar-refractivity contribution in [3.8, 4) is 0 Å². The first-order chi connectivity index (χ1) is 15.2. The number of carbonyl (C=O) groups excluding carboxylic acids is 1. The van der Waals surface area contributed by atoms with Crippen LogP contribution >= 0.6 is 0 Å². The molecule has 1 aliphatic heterocycles. The summed E-state index contributed by atoms with van der Waals surface area (Å²) in [4.78, 5) is 26.4. The van der Waals surface area contributed by atoms with Crippen molar-refractivity contribution < 1.29 is 9.53 Å². The largest absolute Gasteiger partial charge is 0.376 e. The van der Waals surface area contributed by atoms with E-state index in [0.29, 0.717) is 17.9 Å². The van der Waals surface area contributed by atoms with Gasteiger partial charge in [0, 0.05) is 42.5 Å². The van der Waals surface area contributed by atoms with Gasteiger partial charge in [-0.2, -0.15) is 0 Å². The van der Waals surface area contributed by atoms with Crippen LogP contribution in [0.5, 0.6) is 0 Å². The highest BCUT2D eigenvalue weighted by molar-refractivity contribution is 5.93. The van der Waals surface area contributed by atoms with Gasteiger partial charge in [-0.05, 0) is 37.3 Å². The Morgan fingerprint density at radius 1 is 1.16 bits per heavy atom. The number of pyridine rings is 1. The molecule has 7 heteroatoms. The van der Waals surface area contributed by atoms with E-state index in [4.69, 9.17) is 4.74 Å². The SMILES string of the molecule is O=C(NCC1CCCO1)c1cnc2ncc(C3(c4cccc5cccnc45)CC3)n2c1. The van der Waals surface area contributed by atoms with Crippen molar-refractivity contribution in [3.05, 3.63) is 71.9 Å². The Balaban J connectivity index is 1.36. The second-order valence-corrected chi connectivity index (χ2v) is 8.46. The van der Waals surface area contributed by atoms with Crippen LogP contribution in [0, 0.1) is 0 Å². The zero-order valence-electron chi connectivity index (χ0n) is 17.1. The Bertz CT molecular complexity index is 1280. The van der Waals surface area contributed by atoms with Crippen LogP contribution in [0.4, 0.5) is 0 Å². The Kier molecular flexibility index (Phi) is 4.24. The van der Waals surface area contributed by atoms with Crippen molar-refractivity contribution in [3.63, 3.8) is 0 Å². The summed E-state index contributed by atoms with van der Waals surface area (Å²) in [5, 5.41) is 4.11. The van der Waals surface area contributed by atoms with E-state index in [1.54, 1.807) is 6.20 Å². The van der Waals surface area contributed by atoms with Gasteiger partial charge in [0.15, 0.2) is 0 Å². The van der Waals surface area contributed by atoms with Gasteiger partial charge in [0.1, 0.15) is 0 Å². The van der Waals surface area contributed by atoms with Gasteiger partial charge in [0.05, 0.1) is 29.1 Å². The Morgan fingerprint density at radius 2 is 2.03 bits per heavy atom. The summed E-state index contributed by atoms with van der Waals surface area (Å²) >= 11 is 0. The molecule has 3 aromatic heterocycles. The Labute approximate surface area is 179 Å². The molecular weight excluding hydrogens is 390 g/mol. The predicted molar refractivity (Wildman–Crippen MR) is 116 cm³/mol. The maximum atomic E-state index is 12.7. The topological polar surface area (TPSA) is 81.4 Å². The molecule has 4 heterocycles. The molecule has 6 rings (SSSR count). The minimum atomic E-state index is -0.151. The number of para-hydroxylation sites is 1. The van der Waals surface area contributed by atoms with Crippen molar-refractivity contribution in [2.45, 2.75) is 37.2 Å². The van der Waals surface area contributed by atoms with E-state index in [9.17, 15) is 4.79 Å². The molecule has 1 N–H and O–H groups in total. The summed E-state index contributed by atoms with van der Waals surface area (Å²) in [5.74, 6) is 0.464. The zero-order valence-corrected chi connectivity index (χ0v) is 17.1. The number of benzene rings is 1. The number of hydrogen-bond donors (Lipinski definition) is 1. The van der Waals surface area contributed by atoms with Crippen LogP contribution in [0.2, 0.25) is 0 Å². The molecule has 0 bridgehead atoms. The molecular formula is C24H23N5O2. The van der Waals surface area contributed by atoms with Crippen LogP contribution in [0.1, 0.15) is 47.3 Å². The van der Waals surface area contributed by atoms with Crippen LogP contribution in [-0.4, -0.2) is 44.5 Å². The number of nitrogens with one attached hydrogen (secondary N) is 1. The van der Waals surface area contributed by atoms with Crippen molar-refractivity contribution in [1.29, 1.82) is 0 Å². The first-order valence-electron chi connectivity index (χ1n) is 10.8. The second kappa shape index (κ2) is 7.13. The molecule has 156 valence electrons. The smallest absolute Gasteiger partial charge is 0.254 e. The third kappa shape index (κ3) is 3.08. The summed E-state index contributed by atoms with van der Waals surface area (Å²) in [6.45, 7) is 1.30. The molecule has 1 saturated heterocycles. The van der Waals surface area contributed by atoms with Crippen molar-refractivity contribution >= 4 is 22.6 Å². The molecule has 1 aliphatic carbocycles. The molecule has 0 spiro atoms. The van der Waals surface area contributed by atoms with E-state index in [0.717, 1.165) is 48.9 Å². The van der Waals surface area contributed by atoms with Crippen LogP contribution in [0.25, 0.3) is 16.7 Å². The molecule has 0 radical (unpaired) electrons. The summed E-state index contributed by atoms with van der Waals surface area (Å²) in [6, 6.07) is 10.4. The molecule has 1 aromatic carbocycles. The number of nitrogens with zero attached hydrogens (tertiary/aromatic N) is 4. The summed E-state index contributed by atoms with van der Waals surface area (Å²) in [5.41, 5.74) is 3.66. The van der Waals surface area contributed by atoms with Crippen LogP contribution < -0.4 is 5.32 Å². The Hall–Kier alpha value is -3.32. The standard InChI is InChI=1S/C24H23N5O2/c30-22(26-13-18-6-3-11-31-18)17-12-27-23-28-14-20(29(23)15-17)24(8-9-24)19-7-1-4-16-5-2-10-25-21(16)19/h1-2,4-5,7,10,12,14-15,18H,3,6,8-9,11,13H2,(H,26,30). The monoisotopic (exact) mass is 413 g/mol. The highest BCUT2D eigenvalue weighted by Gasteiger charge is 2.49. The number of imidazole rings is 1. The Morgan fingerprint density at radius 3 is 2.87 bits per heavy atom. The quantitative estimate of drug-likeness (QED) is 0.543. The van der Waals surface area contributed by atoms with Crippen LogP contribution in [-0.2, 0) is 10.2 Å². The van der Waals surface area contributed by atoms with Gasteiger partial charge in [-0.3, -0.25) is 14.2 Å². The average molecular weight is 413 g/mol. The number of aromatic nitrogens is 4. The molecule has 2 fully saturated rings. The minimum Gasteiger partial charge on any atom is -0.376 e. The average Bonchev–Trinajstić information content (AvgIpc) is 3.23. The minimum absolute atomic E-state index is 0.109. The fraction of sp³-hybridized carbons (Fsp3) is 0.333. The fourth-order valence-corrected chi connectivity index (χ4v) is 4.74. The number of rotatable bonds is 5. The van der Waals surface area contributed by atoms with Gasteiger partial charge in [-0.1, -0.05) is 24.3 Å². The maximum absolute atomic E-state index is 12.7. The van der Waals surface area contributed by atoms with Crippen LogP contribution in [0.3, 0.4) is 0 Å². The lowest BCUT2D eigenvalue weighted by Gasteiger charge is -2.17. The first kappa shape index (κ1) is 18.4. The van der Waals surface area contributed by atoms with Crippen molar-refractivity contribution in [1.82, 2.24) is 24.7 Å². The normalized spacial score (nSPS) is 19.7. The van der Waals surface area contributed by atoms with Gasteiger partial charge in [0.25, 0.3) is 5.91 Å². The molecule has 2 aliphatic rings. The molecule has 4 aromatic rings. The van der Waals surface area contributed by atoms with E-state index >= 15 is 0 Å². The summed E-state index contributed by atoms with van der Waals surface area (Å²) in [7, 11) is 0. The number of carbonyl (C=O) groups is 1. The van der Waals surface area contributed by atoms with Gasteiger partial charge < -0.3 is 10.1 Å². The molecule has 31 heavy (non-hydrogen) atoms. The van der Waals surface area contributed by atoms with E-state index in [1.807, 2.05) is 29.1 Å². The van der Waals surface area contributed by atoms with E-state index in [2.05, 4.69) is 44.5 Å². The third-order valence-electron chi connectivity index (χ3n) is 6.53. The lowest BCUT2D eigenvalue weighted by atomic mass is 9.90. The molecule has 7 nitrogen and oxygen atoms in total.